The van der Waals surface area contributed by atoms with E-state index in [1.807, 2.05) is 0 Å². The number of hydrogen-bond acceptors (Lipinski definition) is 3. The first kappa shape index (κ1) is 10.7. The second-order valence-corrected chi connectivity index (χ2v) is 2.23. The number of allylic oxidation sites excluding steroid dienone is 1. The molecule has 0 aromatic carbocycles. The number of carbonyl (C=O) groups is 2. The highest BCUT2D eigenvalue weighted by Gasteiger charge is 2.17. The third-order valence-corrected chi connectivity index (χ3v) is 1.28. The third kappa shape index (κ3) is 2.74. The number of Topliss-reactive ketones (excluding diaryl/α,β-unsaturated/α-hetero) is 1. The molecule has 12 heavy (non-hydrogen) atoms. The second-order valence-electron chi connectivity index (χ2n) is 2.23. The second kappa shape index (κ2) is 4.54. The van der Waals surface area contributed by atoms with E-state index in [-0.39, 0.29) is 11.3 Å². The summed E-state index contributed by atoms with van der Waals surface area (Å²) >= 11 is 0. The third-order valence-electron chi connectivity index (χ3n) is 1.28. The number of ketones is 1. The van der Waals surface area contributed by atoms with Gasteiger partial charge in [-0.1, -0.05) is 0 Å². The van der Waals surface area contributed by atoms with Gasteiger partial charge >= 0.3 is 5.97 Å². The van der Waals surface area contributed by atoms with Crippen LogP contribution in [0.15, 0.2) is 11.3 Å². The summed E-state index contributed by atoms with van der Waals surface area (Å²) in [6.45, 7) is 4.75. The monoisotopic (exact) mass is 172 g/mol. The van der Waals surface area contributed by atoms with Gasteiger partial charge in [-0.3, -0.25) is 4.79 Å². The lowest BCUT2D eigenvalue weighted by atomic mass is 10.1. The van der Waals surface area contributed by atoms with Crippen molar-refractivity contribution in [3.05, 3.63) is 11.3 Å². The van der Waals surface area contributed by atoms with E-state index < -0.39 is 11.8 Å². The summed E-state index contributed by atoms with van der Waals surface area (Å²) in [5.74, 6) is -1.57. The Labute approximate surface area is 70.8 Å². The van der Waals surface area contributed by atoms with Gasteiger partial charge in [0.15, 0.2) is 5.78 Å². The largest absolute Gasteiger partial charge is 0.497 e. The molecule has 0 aliphatic carbocycles. The summed E-state index contributed by atoms with van der Waals surface area (Å²) in [4.78, 5) is 21.3. The summed E-state index contributed by atoms with van der Waals surface area (Å²) in [7, 11) is 0. The molecule has 0 saturated heterocycles. The van der Waals surface area contributed by atoms with E-state index in [0.29, 0.717) is 6.61 Å². The zero-order valence-electron chi connectivity index (χ0n) is 7.38. The maximum atomic E-state index is 10.8. The molecule has 1 N–H and O–H groups in total. The molecule has 0 rings (SSSR count). The molecule has 0 spiro atoms. The molecule has 0 amide bonds. The molecule has 0 aliphatic heterocycles. The van der Waals surface area contributed by atoms with E-state index in [1.54, 1.807) is 6.92 Å². The summed E-state index contributed by atoms with van der Waals surface area (Å²) in [6.07, 6.45) is 0. The van der Waals surface area contributed by atoms with Crippen LogP contribution in [0.1, 0.15) is 20.8 Å². The normalized spacial score (nSPS) is 11.9. The Balaban J connectivity index is 4.80. The number of carboxylic acids is 1. The Morgan fingerprint density at radius 2 is 1.83 bits per heavy atom. The summed E-state index contributed by atoms with van der Waals surface area (Å²) < 4.78 is 4.90. The fourth-order valence-electron chi connectivity index (χ4n) is 0.838. The summed E-state index contributed by atoms with van der Waals surface area (Å²) in [5.41, 5.74) is -0.281. The fourth-order valence-corrected chi connectivity index (χ4v) is 0.838. The maximum absolute atomic E-state index is 10.8. The van der Waals surface area contributed by atoms with Gasteiger partial charge in [-0.05, 0) is 20.8 Å². The van der Waals surface area contributed by atoms with Crippen LogP contribution in [0.5, 0.6) is 0 Å². The standard InChI is InChI=1S/C8H12O4/c1-4-12-6(3)7(5(2)9)8(10)11/h4H2,1-3H3,(H,10,11)/b7-6+. The van der Waals surface area contributed by atoms with Crippen LogP contribution in [0, 0.1) is 0 Å². The van der Waals surface area contributed by atoms with Crippen LogP contribution in [0.4, 0.5) is 0 Å². The van der Waals surface area contributed by atoms with Crippen molar-refractivity contribution in [3.8, 4) is 0 Å². The Hall–Kier alpha value is -1.32. The van der Waals surface area contributed by atoms with Gasteiger partial charge in [0, 0.05) is 0 Å². The highest BCUT2D eigenvalue weighted by Crippen LogP contribution is 2.06. The molecule has 0 unspecified atom stereocenters. The maximum Gasteiger partial charge on any atom is 0.342 e. The molecule has 0 heterocycles. The fraction of sp³-hybridized carbons (Fsp3) is 0.500. The topological polar surface area (TPSA) is 63.6 Å². The van der Waals surface area contributed by atoms with Crippen LogP contribution >= 0.6 is 0 Å². The van der Waals surface area contributed by atoms with Crippen molar-refractivity contribution in [2.45, 2.75) is 20.8 Å². The van der Waals surface area contributed by atoms with Crippen LogP contribution in [-0.2, 0) is 14.3 Å². The quantitative estimate of drug-likeness (QED) is 0.297. The van der Waals surface area contributed by atoms with Gasteiger partial charge in [0.25, 0.3) is 0 Å². The Morgan fingerprint density at radius 1 is 1.33 bits per heavy atom. The minimum absolute atomic E-state index is 0.164. The van der Waals surface area contributed by atoms with E-state index in [9.17, 15) is 9.59 Å². The smallest absolute Gasteiger partial charge is 0.342 e. The van der Waals surface area contributed by atoms with Crippen LogP contribution in [-0.4, -0.2) is 23.5 Å². The van der Waals surface area contributed by atoms with Gasteiger partial charge in [0.05, 0.1) is 6.61 Å². The molecule has 4 nitrogen and oxygen atoms in total. The van der Waals surface area contributed by atoms with Crippen LogP contribution in [0.25, 0.3) is 0 Å². The minimum atomic E-state index is -1.24. The number of ether oxygens (including phenoxy) is 1. The molecular formula is C8H12O4. The van der Waals surface area contributed by atoms with Crippen molar-refractivity contribution in [2.75, 3.05) is 6.61 Å². The first-order valence-corrected chi connectivity index (χ1v) is 3.58. The van der Waals surface area contributed by atoms with Crippen molar-refractivity contribution < 1.29 is 19.4 Å². The highest BCUT2D eigenvalue weighted by atomic mass is 16.5. The van der Waals surface area contributed by atoms with Crippen molar-refractivity contribution in [1.82, 2.24) is 0 Å². The molecule has 0 atom stereocenters. The van der Waals surface area contributed by atoms with Crippen molar-refractivity contribution in [1.29, 1.82) is 0 Å². The van der Waals surface area contributed by atoms with Crippen LogP contribution in [0.3, 0.4) is 0 Å². The summed E-state index contributed by atoms with van der Waals surface area (Å²) in [5, 5.41) is 8.58. The number of carbonyl (C=O) groups excluding carboxylic acids is 1. The van der Waals surface area contributed by atoms with Gasteiger partial charge in [0.1, 0.15) is 11.3 Å². The molecule has 0 aromatic rings. The van der Waals surface area contributed by atoms with Crippen molar-refractivity contribution >= 4 is 11.8 Å². The number of rotatable bonds is 4. The molecule has 0 fully saturated rings. The zero-order chi connectivity index (χ0) is 9.72. The van der Waals surface area contributed by atoms with Gasteiger partial charge in [-0.15, -0.1) is 0 Å². The van der Waals surface area contributed by atoms with Gasteiger partial charge in [-0.25, -0.2) is 4.79 Å². The molecule has 0 aromatic heterocycles. The Bertz CT molecular complexity index is 211. The highest BCUT2D eigenvalue weighted by molar-refractivity contribution is 6.15. The molecule has 0 saturated carbocycles. The molecule has 4 heteroatoms. The predicted molar refractivity (Wildman–Crippen MR) is 42.6 cm³/mol. The van der Waals surface area contributed by atoms with Crippen molar-refractivity contribution in [3.63, 3.8) is 0 Å². The van der Waals surface area contributed by atoms with Crippen LogP contribution < -0.4 is 0 Å². The average molecular weight is 172 g/mol. The molecule has 68 valence electrons. The van der Waals surface area contributed by atoms with Gasteiger partial charge in [-0.2, -0.15) is 0 Å². The zero-order valence-corrected chi connectivity index (χ0v) is 7.38. The molecule has 0 radical (unpaired) electrons. The lowest BCUT2D eigenvalue weighted by Crippen LogP contribution is -2.12. The van der Waals surface area contributed by atoms with Crippen molar-refractivity contribution in [2.24, 2.45) is 0 Å². The average Bonchev–Trinajstić information content (AvgIpc) is 1.85. The van der Waals surface area contributed by atoms with E-state index >= 15 is 0 Å². The number of aliphatic carboxylic acids is 1. The van der Waals surface area contributed by atoms with Gasteiger partial charge in [0.2, 0.25) is 0 Å². The Morgan fingerprint density at radius 3 is 2.08 bits per heavy atom. The van der Waals surface area contributed by atoms with Gasteiger partial charge < -0.3 is 9.84 Å². The predicted octanol–water partition coefficient (Wildman–Crippen LogP) is 0.970. The van der Waals surface area contributed by atoms with E-state index in [0.717, 1.165) is 0 Å². The molecular weight excluding hydrogens is 160 g/mol. The summed E-state index contributed by atoms with van der Waals surface area (Å²) in [6, 6.07) is 0. The SMILES string of the molecule is CCO/C(C)=C(\C(C)=O)C(=O)O. The van der Waals surface area contributed by atoms with Crippen LogP contribution in [0.2, 0.25) is 0 Å². The Kier molecular flexibility index (Phi) is 4.04. The van der Waals surface area contributed by atoms with E-state index in [2.05, 4.69) is 0 Å². The minimum Gasteiger partial charge on any atom is -0.497 e. The molecule has 0 bridgehead atoms. The number of hydrogen-bond donors (Lipinski definition) is 1. The first-order chi connectivity index (χ1) is 5.50. The first-order valence-electron chi connectivity index (χ1n) is 3.58. The lowest BCUT2D eigenvalue weighted by molar-refractivity contribution is -0.134. The number of carboxylic acid groups (broad SMARTS) is 1. The lowest BCUT2D eigenvalue weighted by Gasteiger charge is -2.05. The molecule has 0 aliphatic rings. The van der Waals surface area contributed by atoms with E-state index in [4.69, 9.17) is 9.84 Å². The van der Waals surface area contributed by atoms with E-state index in [1.165, 1.54) is 13.8 Å².